The topological polar surface area (TPSA) is 50.8 Å². The molecule has 2 rings (SSSR count). The molecule has 1 unspecified atom stereocenters. The number of hydrogen-bond donors (Lipinski definition) is 1. The Morgan fingerprint density at radius 2 is 1.67 bits per heavy atom. The third-order valence-electron chi connectivity index (χ3n) is 4.28. The second-order valence-electron chi connectivity index (χ2n) is 6.21. The summed E-state index contributed by atoms with van der Waals surface area (Å²) in [6, 6.07) is 15.6. The van der Waals surface area contributed by atoms with Crippen LogP contribution in [0.4, 0.5) is 5.69 Å². The molecular weight excluding hydrogens is 340 g/mol. The lowest BCUT2D eigenvalue weighted by Crippen LogP contribution is -2.38. The number of nitrogens with one attached hydrogen (secondary N) is 1. The predicted molar refractivity (Wildman–Crippen MR) is 110 cm³/mol. The van der Waals surface area contributed by atoms with Gasteiger partial charge in [0.2, 0.25) is 5.91 Å². The van der Waals surface area contributed by atoms with E-state index in [0.717, 1.165) is 23.5 Å². The van der Waals surface area contributed by atoms with E-state index in [-0.39, 0.29) is 11.9 Å². The first kappa shape index (κ1) is 20.6. The summed E-state index contributed by atoms with van der Waals surface area (Å²) in [6.07, 6.45) is 0. The van der Waals surface area contributed by atoms with Crippen molar-refractivity contribution in [2.45, 2.75) is 33.7 Å². The maximum Gasteiger partial charge on any atom is 0.239 e. The molecular formula is C22H30N2O3. The molecule has 2 aromatic rings. The Balaban J connectivity index is 2.04. The van der Waals surface area contributed by atoms with Crippen molar-refractivity contribution < 1.29 is 14.3 Å². The molecule has 5 nitrogen and oxygen atoms in total. The molecule has 0 saturated carbocycles. The molecule has 0 saturated heterocycles. The maximum atomic E-state index is 12.5. The van der Waals surface area contributed by atoms with Crippen LogP contribution in [0.3, 0.4) is 0 Å². The van der Waals surface area contributed by atoms with Gasteiger partial charge in [-0.1, -0.05) is 24.3 Å². The second kappa shape index (κ2) is 10.5. The van der Waals surface area contributed by atoms with E-state index >= 15 is 0 Å². The standard InChI is InChI=1S/C22H30N2O3/c1-5-24(19-11-9-8-10-12-19)16-22(25)23-17(4)18-13-14-20(26-6-2)21(15-18)27-7-3/h8-15,17H,5-7,16H2,1-4H3,(H,23,25). The molecule has 0 fully saturated rings. The Kier molecular flexibility index (Phi) is 7.99. The lowest BCUT2D eigenvalue weighted by molar-refractivity contribution is -0.120. The van der Waals surface area contributed by atoms with E-state index in [9.17, 15) is 4.79 Å². The smallest absolute Gasteiger partial charge is 0.239 e. The van der Waals surface area contributed by atoms with E-state index in [1.54, 1.807) is 0 Å². The fraction of sp³-hybridized carbons (Fsp3) is 0.409. The van der Waals surface area contributed by atoms with Crippen LogP contribution in [0.15, 0.2) is 48.5 Å². The summed E-state index contributed by atoms with van der Waals surface area (Å²) >= 11 is 0. The van der Waals surface area contributed by atoms with Crippen LogP contribution in [0.25, 0.3) is 0 Å². The first-order valence-electron chi connectivity index (χ1n) is 9.57. The van der Waals surface area contributed by atoms with Crippen LogP contribution >= 0.6 is 0 Å². The molecule has 0 aliphatic heterocycles. The number of nitrogens with zero attached hydrogens (tertiary/aromatic N) is 1. The highest BCUT2D eigenvalue weighted by Gasteiger charge is 2.15. The summed E-state index contributed by atoms with van der Waals surface area (Å²) in [5, 5.41) is 3.07. The Hall–Kier alpha value is -2.69. The number of hydrogen-bond acceptors (Lipinski definition) is 4. The van der Waals surface area contributed by atoms with Gasteiger partial charge in [-0.3, -0.25) is 4.79 Å². The van der Waals surface area contributed by atoms with Crippen LogP contribution in [-0.2, 0) is 4.79 Å². The molecule has 0 spiro atoms. The quantitative estimate of drug-likeness (QED) is 0.681. The number of benzene rings is 2. The predicted octanol–water partition coefficient (Wildman–Crippen LogP) is 4.19. The third kappa shape index (κ3) is 5.91. The lowest BCUT2D eigenvalue weighted by atomic mass is 10.1. The molecule has 1 atom stereocenters. The van der Waals surface area contributed by atoms with Crippen molar-refractivity contribution in [1.82, 2.24) is 5.32 Å². The van der Waals surface area contributed by atoms with Crippen LogP contribution in [0.1, 0.15) is 39.3 Å². The van der Waals surface area contributed by atoms with Gasteiger partial charge in [-0.15, -0.1) is 0 Å². The van der Waals surface area contributed by atoms with Crippen LogP contribution in [0, 0.1) is 0 Å². The molecule has 1 amide bonds. The van der Waals surface area contributed by atoms with Crippen molar-refractivity contribution in [2.75, 3.05) is 31.2 Å². The minimum Gasteiger partial charge on any atom is -0.490 e. The summed E-state index contributed by atoms with van der Waals surface area (Å²) < 4.78 is 11.3. The largest absolute Gasteiger partial charge is 0.490 e. The molecule has 0 radical (unpaired) electrons. The van der Waals surface area contributed by atoms with E-state index in [1.807, 2.05) is 81.1 Å². The highest BCUT2D eigenvalue weighted by atomic mass is 16.5. The fourth-order valence-corrected chi connectivity index (χ4v) is 2.91. The number of anilines is 1. The van der Waals surface area contributed by atoms with Gasteiger partial charge < -0.3 is 19.7 Å². The molecule has 0 aliphatic carbocycles. The Morgan fingerprint density at radius 1 is 1.00 bits per heavy atom. The van der Waals surface area contributed by atoms with Gasteiger partial charge in [-0.05, 0) is 57.5 Å². The number of carbonyl (C=O) groups excluding carboxylic acids is 1. The van der Waals surface area contributed by atoms with E-state index in [0.29, 0.717) is 25.5 Å². The molecule has 2 aromatic carbocycles. The monoisotopic (exact) mass is 370 g/mol. The van der Waals surface area contributed by atoms with Crippen molar-refractivity contribution in [1.29, 1.82) is 0 Å². The average molecular weight is 370 g/mol. The number of ether oxygens (including phenoxy) is 2. The van der Waals surface area contributed by atoms with Gasteiger partial charge in [0.05, 0.1) is 25.8 Å². The van der Waals surface area contributed by atoms with Crippen LogP contribution in [0.2, 0.25) is 0 Å². The molecule has 0 aliphatic rings. The van der Waals surface area contributed by atoms with Gasteiger partial charge in [0.1, 0.15) is 0 Å². The minimum atomic E-state index is -0.123. The van der Waals surface area contributed by atoms with Gasteiger partial charge in [0, 0.05) is 12.2 Å². The third-order valence-corrected chi connectivity index (χ3v) is 4.28. The molecule has 27 heavy (non-hydrogen) atoms. The summed E-state index contributed by atoms with van der Waals surface area (Å²) in [5.41, 5.74) is 2.03. The zero-order chi connectivity index (χ0) is 19.6. The number of para-hydroxylation sites is 1. The van der Waals surface area contributed by atoms with Crippen LogP contribution in [-0.4, -0.2) is 32.2 Å². The van der Waals surface area contributed by atoms with Gasteiger partial charge in [0.15, 0.2) is 11.5 Å². The molecule has 1 N–H and O–H groups in total. The van der Waals surface area contributed by atoms with Gasteiger partial charge >= 0.3 is 0 Å². The van der Waals surface area contributed by atoms with E-state index in [1.165, 1.54) is 0 Å². The summed E-state index contributed by atoms with van der Waals surface area (Å²) in [7, 11) is 0. The van der Waals surface area contributed by atoms with Crippen molar-refractivity contribution >= 4 is 11.6 Å². The Labute approximate surface area is 162 Å². The van der Waals surface area contributed by atoms with Crippen molar-refractivity contribution in [3.63, 3.8) is 0 Å². The summed E-state index contributed by atoms with van der Waals surface area (Å²) in [4.78, 5) is 14.6. The lowest BCUT2D eigenvalue weighted by Gasteiger charge is -2.24. The van der Waals surface area contributed by atoms with E-state index < -0.39 is 0 Å². The first-order valence-corrected chi connectivity index (χ1v) is 9.57. The van der Waals surface area contributed by atoms with Crippen molar-refractivity contribution in [2.24, 2.45) is 0 Å². The molecule has 0 bridgehead atoms. The van der Waals surface area contributed by atoms with Crippen molar-refractivity contribution in [3.8, 4) is 11.5 Å². The van der Waals surface area contributed by atoms with Crippen LogP contribution in [0.5, 0.6) is 11.5 Å². The van der Waals surface area contributed by atoms with Gasteiger partial charge in [-0.2, -0.15) is 0 Å². The summed E-state index contributed by atoms with van der Waals surface area (Å²) in [5.74, 6) is 1.42. The van der Waals surface area contributed by atoms with Crippen molar-refractivity contribution in [3.05, 3.63) is 54.1 Å². The van der Waals surface area contributed by atoms with Gasteiger partial charge in [-0.25, -0.2) is 0 Å². The Bertz CT molecular complexity index is 719. The zero-order valence-corrected chi connectivity index (χ0v) is 16.7. The Morgan fingerprint density at radius 3 is 2.30 bits per heavy atom. The molecule has 146 valence electrons. The van der Waals surface area contributed by atoms with Gasteiger partial charge in [0.25, 0.3) is 0 Å². The second-order valence-corrected chi connectivity index (χ2v) is 6.21. The number of rotatable bonds is 10. The minimum absolute atomic E-state index is 0.0138. The van der Waals surface area contributed by atoms with Crippen LogP contribution < -0.4 is 19.7 Å². The number of amides is 1. The molecule has 0 aromatic heterocycles. The van der Waals surface area contributed by atoms with E-state index in [4.69, 9.17) is 9.47 Å². The fourth-order valence-electron chi connectivity index (χ4n) is 2.91. The average Bonchev–Trinajstić information content (AvgIpc) is 2.68. The summed E-state index contributed by atoms with van der Waals surface area (Å²) in [6.45, 7) is 10.1. The highest BCUT2D eigenvalue weighted by molar-refractivity contribution is 5.81. The van der Waals surface area contributed by atoms with E-state index in [2.05, 4.69) is 5.32 Å². The number of likely N-dealkylation sites (N-methyl/N-ethyl adjacent to an activating group) is 1. The normalized spacial score (nSPS) is 11.6. The highest BCUT2D eigenvalue weighted by Crippen LogP contribution is 2.30. The SMILES string of the molecule is CCOc1ccc(C(C)NC(=O)CN(CC)c2ccccc2)cc1OCC. The molecule has 5 heteroatoms. The zero-order valence-electron chi connectivity index (χ0n) is 16.7. The number of carbonyl (C=O) groups is 1. The first-order chi connectivity index (χ1) is 13.1. The maximum absolute atomic E-state index is 12.5. The molecule has 0 heterocycles.